The average Bonchev–Trinajstić information content (AvgIpc) is 2.99. The van der Waals surface area contributed by atoms with Crippen LogP contribution in [-0.2, 0) is 6.54 Å². The zero-order chi connectivity index (χ0) is 16.1. The van der Waals surface area contributed by atoms with E-state index < -0.39 is 5.82 Å². The quantitative estimate of drug-likeness (QED) is 0.884. The van der Waals surface area contributed by atoms with Crippen molar-refractivity contribution in [2.75, 3.05) is 7.11 Å². The lowest BCUT2D eigenvalue weighted by Gasteiger charge is -2.22. The number of nitrogens with zero attached hydrogens (tertiary/aromatic N) is 3. The van der Waals surface area contributed by atoms with Crippen molar-refractivity contribution in [3.63, 3.8) is 0 Å². The second kappa shape index (κ2) is 7.02. The number of rotatable bonds is 6. The van der Waals surface area contributed by atoms with Gasteiger partial charge in [0.25, 0.3) is 5.91 Å². The summed E-state index contributed by atoms with van der Waals surface area (Å²) in [6.45, 7) is 4.50. The highest BCUT2D eigenvalue weighted by Gasteiger charge is 2.19. The van der Waals surface area contributed by atoms with Crippen LogP contribution < -0.4 is 10.1 Å². The van der Waals surface area contributed by atoms with E-state index in [0.29, 0.717) is 6.54 Å². The molecule has 0 fully saturated rings. The van der Waals surface area contributed by atoms with Gasteiger partial charge in [-0.1, -0.05) is 13.8 Å². The van der Waals surface area contributed by atoms with Gasteiger partial charge in [0.05, 0.1) is 19.7 Å². The molecule has 1 aromatic carbocycles. The van der Waals surface area contributed by atoms with Crippen molar-refractivity contribution in [3.05, 3.63) is 42.2 Å². The molecule has 0 spiro atoms. The van der Waals surface area contributed by atoms with E-state index >= 15 is 0 Å². The Morgan fingerprint density at radius 2 is 2.23 bits per heavy atom. The van der Waals surface area contributed by atoms with Crippen LogP contribution in [0.3, 0.4) is 0 Å². The lowest BCUT2D eigenvalue weighted by molar-refractivity contribution is 0.0919. The number of halogens is 1. The number of carbonyl (C=O) groups excluding carboxylic acids is 1. The lowest BCUT2D eigenvalue weighted by atomic mass is 10.0. The monoisotopic (exact) mass is 306 g/mol. The fourth-order valence-electron chi connectivity index (χ4n) is 2.01. The van der Waals surface area contributed by atoms with Gasteiger partial charge in [-0.15, -0.1) is 0 Å². The van der Waals surface area contributed by atoms with Crippen LogP contribution in [0.5, 0.6) is 5.75 Å². The van der Waals surface area contributed by atoms with Crippen LogP contribution in [0.1, 0.15) is 24.2 Å². The Bertz CT molecular complexity index is 628. The molecule has 0 aliphatic rings. The van der Waals surface area contributed by atoms with Crippen LogP contribution in [0.15, 0.2) is 30.9 Å². The smallest absolute Gasteiger partial charge is 0.251 e. The first-order valence-corrected chi connectivity index (χ1v) is 6.98. The van der Waals surface area contributed by atoms with E-state index in [-0.39, 0.29) is 29.2 Å². The Kier molecular flexibility index (Phi) is 5.08. The maximum absolute atomic E-state index is 13.7. The number of aromatic nitrogens is 3. The number of hydrogen-bond donors (Lipinski definition) is 1. The SMILES string of the molecule is COc1ccc(C(=O)N[C@H](Cn2cncn2)C(C)C)cc1F. The third kappa shape index (κ3) is 3.81. The summed E-state index contributed by atoms with van der Waals surface area (Å²) < 4.78 is 20.2. The van der Waals surface area contributed by atoms with E-state index in [1.807, 2.05) is 13.8 Å². The van der Waals surface area contributed by atoms with E-state index in [0.717, 1.165) is 0 Å². The average molecular weight is 306 g/mol. The largest absolute Gasteiger partial charge is 0.494 e. The Labute approximate surface area is 128 Å². The minimum Gasteiger partial charge on any atom is -0.494 e. The van der Waals surface area contributed by atoms with Crippen LogP contribution in [0.2, 0.25) is 0 Å². The fourth-order valence-corrected chi connectivity index (χ4v) is 2.01. The molecule has 1 heterocycles. The number of nitrogens with one attached hydrogen (secondary N) is 1. The fraction of sp³-hybridized carbons (Fsp3) is 0.400. The molecule has 0 saturated heterocycles. The van der Waals surface area contributed by atoms with Gasteiger partial charge in [0.15, 0.2) is 11.6 Å². The van der Waals surface area contributed by atoms with Crippen molar-refractivity contribution < 1.29 is 13.9 Å². The maximum atomic E-state index is 13.7. The second-order valence-electron chi connectivity index (χ2n) is 5.29. The van der Waals surface area contributed by atoms with Gasteiger partial charge in [0, 0.05) is 5.56 Å². The molecular weight excluding hydrogens is 287 g/mol. The van der Waals surface area contributed by atoms with Crippen LogP contribution in [0.25, 0.3) is 0 Å². The van der Waals surface area contributed by atoms with Crippen molar-refractivity contribution in [3.8, 4) is 5.75 Å². The minimum absolute atomic E-state index is 0.111. The topological polar surface area (TPSA) is 69.0 Å². The summed E-state index contributed by atoms with van der Waals surface area (Å²) in [5.41, 5.74) is 0.252. The zero-order valence-corrected chi connectivity index (χ0v) is 12.8. The Morgan fingerprint density at radius 1 is 1.45 bits per heavy atom. The highest BCUT2D eigenvalue weighted by Crippen LogP contribution is 2.18. The Morgan fingerprint density at radius 3 is 2.77 bits per heavy atom. The van der Waals surface area contributed by atoms with Crippen molar-refractivity contribution in [1.82, 2.24) is 20.1 Å². The molecule has 1 amide bonds. The molecular formula is C15H19FN4O2. The van der Waals surface area contributed by atoms with E-state index in [1.54, 1.807) is 11.0 Å². The molecule has 0 aliphatic heterocycles. The van der Waals surface area contributed by atoms with Gasteiger partial charge in [-0.05, 0) is 24.1 Å². The number of benzene rings is 1. The molecule has 2 aromatic rings. The van der Waals surface area contributed by atoms with Crippen LogP contribution in [-0.4, -0.2) is 33.8 Å². The summed E-state index contributed by atoms with van der Waals surface area (Å²) >= 11 is 0. The molecule has 0 aliphatic carbocycles. The molecule has 6 nitrogen and oxygen atoms in total. The van der Waals surface area contributed by atoms with E-state index in [4.69, 9.17) is 4.74 Å². The van der Waals surface area contributed by atoms with Crippen LogP contribution >= 0.6 is 0 Å². The molecule has 0 radical (unpaired) electrons. The Hall–Kier alpha value is -2.44. The molecule has 2 rings (SSSR count). The summed E-state index contributed by atoms with van der Waals surface area (Å²) in [5.74, 6) is -0.594. The predicted molar refractivity (Wildman–Crippen MR) is 79.1 cm³/mol. The van der Waals surface area contributed by atoms with Gasteiger partial charge in [0.1, 0.15) is 12.7 Å². The zero-order valence-electron chi connectivity index (χ0n) is 12.8. The molecule has 0 unspecified atom stereocenters. The number of carbonyl (C=O) groups is 1. The van der Waals surface area contributed by atoms with Crippen molar-refractivity contribution in [1.29, 1.82) is 0 Å². The summed E-state index contributed by atoms with van der Waals surface area (Å²) in [7, 11) is 1.38. The van der Waals surface area contributed by atoms with Gasteiger partial charge >= 0.3 is 0 Å². The third-order valence-corrected chi connectivity index (χ3v) is 3.39. The molecule has 1 atom stereocenters. The molecule has 7 heteroatoms. The number of hydrogen-bond acceptors (Lipinski definition) is 4. The summed E-state index contributed by atoms with van der Waals surface area (Å²) in [4.78, 5) is 16.2. The molecule has 1 aromatic heterocycles. The maximum Gasteiger partial charge on any atom is 0.251 e. The van der Waals surface area contributed by atoms with E-state index in [2.05, 4.69) is 15.4 Å². The van der Waals surface area contributed by atoms with E-state index in [9.17, 15) is 9.18 Å². The van der Waals surface area contributed by atoms with Gasteiger partial charge in [0.2, 0.25) is 0 Å². The van der Waals surface area contributed by atoms with Crippen molar-refractivity contribution in [2.24, 2.45) is 5.92 Å². The summed E-state index contributed by atoms with van der Waals surface area (Å²) in [6, 6.07) is 4.00. The van der Waals surface area contributed by atoms with Crippen molar-refractivity contribution >= 4 is 5.91 Å². The van der Waals surface area contributed by atoms with Crippen molar-refractivity contribution in [2.45, 2.75) is 26.4 Å². The second-order valence-corrected chi connectivity index (χ2v) is 5.29. The highest BCUT2D eigenvalue weighted by atomic mass is 19.1. The third-order valence-electron chi connectivity index (χ3n) is 3.39. The Balaban J connectivity index is 2.09. The first kappa shape index (κ1) is 15.9. The van der Waals surface area contributed by atoms with Gasteiger partial charge in [-0.2, -0.15) is 5.10 Å². The van der Waals surface area contributed by atoms with Crippen LogP contribution in [0.4, 0.5) is 4.39 Å². The van der Waals surface area contributed by atoms with Crippen LogP contribution in [0, 0.1) is 11.7 Å². The highest BCUT2D eigenvalue weighted by molar-refractivity contribution is 5.94. The minimum atomic E-state index is -0.562. The standard InChI is InChI=1S/C15H19FN4O2/c1-10(2)13(7-20-9-17-8-18-20)19-15(21)11-4-5-14(22-3)12(16)6-11/h4-6,8-10,13H,7H2,1-3H3,(H,19,21)/t13-/m1/s1. The van der Waals surface area contributed by atoms with Gasteiger partial charge in [-0.3, -0.25) is 9.48 Å². The molecule has 22 heavy (non-hydrogen) atoms. The molecule has 0 bridgehead atoms. The first-order valence-electron chi connectivity index (χ1n) is 6.98. The first-order chi connectivity index (χ1) is 10.5. The predicted octanol–water partition coefficient (Wildman–Crippen LogP) is 1.88. The van der Waals surface area contributed by atoms with E-state index in [1.165, 1.54) is 31.6 Å². The van der Waals surface area contributed by atoms with Gasteiger partial charge in [-0.25, -0.2) is 9.37 Å². The van der Waals surface area contributed by atoms with Gasteiger partial charge < -0.3 is 10.1 Å². The number of amides is 1. The normalized spacial score (nSPS) is 12.2. The lowest BCUT2D eigenvalue weighted by Crippen LogP contribution is -2.41. The molecule has 118 valence electrons. The summed E-state index contributed by atoms with van der Waals surface area (Å²) in [6.07, 6.45) is 3.03. The number of ether oxygens (including phenoxy) is 1. The molecule has 1 N–H and O–H groups in total. The summed E-state index contributed by atoms with van der Waals surface area (Å²) in [5, 5.41) is 6.93. The number of methoxy groups -OCH3 is 1. The molecule has 0 saturated carbocycles.